The fourth-order valence-corrected chi connectivity index (χ4v) is 1.41. The summed E-state index contributed by atoms with van der Waals surface area (Å²) in [7, 11) is 0. The third kappa shape index (κ3) is 2.23. The standard InChI is InChI=1S/C12H10N2O2/c15-9-10-4-5-12(16)14(7-10)8-11-3-1-2-6-13-11/h1-7,9H,8H2. The zero-order valence-electron chi connectivity index (χ0n) is 8.54. The van der Waals surface area contributed by atoms with Crippen molar-refractivity contribution < 1.29 is 4.79 Å². The number of hydrogen-bond acceptors (Lipinski definition) is 3. The van der Waals surface area contributed by atoms with E-state index in [0.717, 1.165) is 5.69 Å². The highest BCUT2D eigenvalue weighted by atomic mass is 16.1. The van der Waals surface area contributed by atoms with Crippen LogP contribution in [0, 0.1) is 0 Å². The minimum Gasteiger partial charge on any atom is -0.309 e. The van der Waals surface area contributed by atoms with Crippen LogP contribution in [0.15, 0.2) is 47.5 Å². The van der Waals surface area contributed by atoms with Gasteiger partial charge in [-0.15, -0.1) is 0 Å². The van der Waals surface area contributed by atoms with Crippen molar-refractivity contribution in [1.29, 1.82) is 0 Å². The summed E-state index contributed by atoms with van der Waals surface area (Å²) in [6.45, 7) is 0.376. The largest absolute Gasteiger partial charge is 0.309 e. The van der Waals surface area contributed by atoms with E-state index in [9.17, 15) is 9.59 Å². The molecule has 0 N–H and O–H groups in total. The molecule has 0 aliphatic heterocycles. The molecule has 0 aliphatic rings. The number of rotatable bonds is 3. The third-order valence-electron chi connectivity index (χ3n) is 2.20. The molecule has 0 aromatic carbocycles. The molecule has 2 aromatic heterocycles. The number of aromatic nitrogens is 2. The number of nitrogens with zero attached hydrogens (tertiary/aromatic N) is 2. The molecule has 0 atom stereocenters. The average Bonchev–Trinajstić information content (AvgIpc) is 2.33. The van der Waals surface area contributed by atoms with E-state index in [1.807, 2.05) is 18.2 Å². The van der Waals surface area contributed by atoms with Crippen LogP contribution in [0.2, 0.25) is 0 Å². The van der Waals surface area contributed by atoms with Crippen LogP contribution in [0.1, 0.15) is 16.1 Å². The van der Waals surface area contributed by atoms with Crippen LogP contribution in [0.3, 0.4) is 0 Å². The van der Waals surface area contributed by atoms with Crippen molar-refractivity contribution >= 4 is 6.29 Å². The Balaban J connectivity index is 2.34. The van der Waals surface area contributed by atoms with Crippen LogP contribution in [0.25, 0.3) is 0 Å². The summed E-state index contributed by atoms with van der Waals surface area (Å²) in [4.78, 5) is 26.2. The van der Waals surface area contributed by atoms with Crippen LogP contribution in [0.5, 0.6) is 0 Å². The normalized spacial score (nSPS) is 10.0. The van der Waals surface area contributed by atoms with Crippen LogP contribution in [0.4, 0.5) is 0 Å². The van der Waals surface area contributed by atoms with E-state index >= 15 is 0 Å². The predicted octanol–water partition coefficient (Wildman–Crippen LogP) is 1.10. The van der Waals surface area contributed by atoms with E-state index in [1.54, 1.807) is 6.20 Å². The molecule has 0 radical (unpaired) electrons. The second kappa shape index (κ2) is 4.53. The van der Waals surface area contributed by atoms with Gasteiger partial charge in [0.1, 0.15) is 0 Å². The van der Waals surface area contributed by atoms with Gasteiger partial charge in [-0.1, -0.05) is 6.07 Å². The van der Waals surface area contributed by atoms with Crippen LogP contribution >= 0.6 is 0 Å². The Morgan fingerprint density at radius 1 is 1.25 bits per heavy atom. The zero-order valence-corrected chi connectivity index (χ0v) is 8.54. The number of carbonyl (C=O) groups excluding carboxylic acids is 1. The lowest BCUT2D eigenvalue weighted by molar-refractivity contribution is 0.112. The van der Waals surface area contributed by atoms with Gasteiger partial charge in [-0.05, 0) is 18.2 Å². The highest BCUT2D eigenvalue weighted by Gasteiger charge is 1.99. The van der Waals surface area contributed by atoms with Crippen LogP contribution in [-0.4, -0.2) is 15.8 Å². The monoisotopic (exact) mass is 214 g/mol. The molecule has 0 spiro atoms. The molecule has 0 unspecified atom stereocenters. The molecular weight excluding hydrogens is 204 g/mol. The summed E-state index contributed by atoms with van der Waals surface area (Å²) < 4.78 is 1.46. The summed E-state index contributed by atoms with van der Waals surface area (Å²) in [5.74, 6) is 0. The second-order valence-electron chi connectivity index (χ2n) is 3.37. The summed E-state index contributed by atoms with van der Waals surface area (Å²) in [6.07, 6.45) is 3.92. The highest BCUT2D eigenvalue weighted by molar-refractivity contribution is 5.73. The lowest BCUT2D eigenvalue weighted by Gasteiger charge is -2.04. The van der Waals surface area contributed by atoms with Crippen LogP contribution in [-0.2, 0) is 6.54 Å². The lowest BCUT2D eigenvalue weighted by atomic mass is 10.3. The minimum absolute atomic E-state index is 0.142. The van der Waals surface area contributed by atoms with Gasteiger partial charge in [0, 0.05) is 24.0 Å². The van der Waals surface area contributed by atoms with E-state index in [0.29, 0.717) is 18.4 Å². The molecule has 80 valence electrons. The van der Waals surface area contributed by atoms with E-state index in [2.05, 4.69) is 4.98 Å². The first-order valence-electron chi connectivity index (χ1n) is 4.85. The molecule has 2 rings (SSSR count). The van der Waals surface area contributed by atoms with Gasteiger partial charge in [0.2, 0.25) is 0 Å². The van der Waals surface area contributed by atoms with Gasteiger partial charge in [0.15, 0.2) is 6.29 Å². The van der Waals surface area contributed by atoms with Crippen molar-refractivity contribution in [3.63, 3.8) is 0 Å². The molecule has 0 bridgehead atoms. The molecular formula is C12H10N2O2. The highest BCUT2D eigenvalue weighted by Crippen LogP contribution is 1.98. The first kappa shape index (κ1) is 10.3. The maximum Gasteiger partial charge on any atom is 0.250 e. The molecule has 0 fully saturated rings. The van der Waals surface area contributed by atoms with Gasteiger partial charge in [-0.3, -0.25) is 14.6 Å². The average molecular weight is 214 g/mol. The molecule has 0 saturated heterocycles. The Labute approximate surface area is 92.2 Å². The van der Waals surface area contributed by atoms with E-state index in [4.69, 9.17) is 0 Å². The van der Waals surface area contributed by atoms with E-state index < -0.39 is 0 Å². The fraction of sp³-hybridized carbons (Fsp3) is 0.0833. The third-order valence-corrected chi connectivity index (χ3v) is 2.20. The van der Waals surface area contributed by atoms with Crippen molar-refractivity contribution in [1.82, 2.24) is 9.55 Å². The number of pyridine rings is 2. The minimum atomic E-state index is -0.142. The first-order valence-corrected chi connectivity index (χ1v) is 4.85. The smallest absolute Gasteiger partial charge is 0.250 e. The SMILES string of the molecule is O=Cc1ccc(=O)n(Cc2ccccn2)c1. The number of carbonyl (C=O) groups is 1. The second-order valence-corrected chi connectivity index (χ2v) is 3.37. The van der Waals surface area contributed by atoms with Gasteiger partial charge in [0.05, 0.1) is 12.2 Å². The van der Waals surface area contributed by atoms with Gasteiger partial charge in [0.25, 0.3) is 5.56 Å². The Morgan fingerprint density at radius 2 is 2.12 bits per heavy atom. The maximum absolute atomic E-state index is 11.5. The summed E-state index contributed by atoms with van der Waals surface area (Å²) in [5.41, 5.74) is 1.12. The Morgan fingerprint density at radius 3 is 2.81 bits per heavy atom. The molecule has 4 heteroatoms. The Kier molecular flexibility index (Phi) is 2.91. The van der Waals surface area contributed by atoms with Gasteiger partial charge >= 0.3 is 0 Å². The van der Waals surface area contributed by atoms with Gasteiger partial charge < -0.3 is 4.57 Å². The summed E-state index contributed by atoms with van der Waals surface area (Å²) in [6, 6.07) is 8.39. The van der Waals surface area contributed by atoms with Crippen molar-refractivity contribution in [3.05, 3.63) is 64.3 Å². The Hall–Kier alpha value is -2.23. The lowest BCUT2D eigenvalue weighted by Crippen LogP contribution is -2.20. The molecule has 0 saturated carbocycles. The number of aldehydes is 1. The van der Waals surface area contributed by atoms with E-state index in [-0.39, 0.29) is 5.56 Å². The van der Waals surface area contributed by atoms with Gasteiger partial charge in [-0.25, -0.2) is 0 Å². The summed E-state index contributed by atoms with van der Waals surface area (Å²) >= 11 is 0. The van der Waals surface area contributed by atoms with Crippen molar-refractivity contribution in [3.8, 4) is 0 Å². The molecule has 16 heavy (non-hydrogen) atoms. The molecule has 2 heterocycles. The van der Waals surface area contributed by atoms with Crippen molar-refractivity contribution in [2.24, 2.45) is 0 Å². The molecule has 4 nitrogen and oxygen atoms in total. The van der Waals surface area contributed by atoms with Crippen molar-refractivity contribution in [2.75, 3.05) is 0 Å². The summed E-state index contributed by atoms with van der Waals surface area (Å²) in [5, 5.41) is 0. The van der Waals surface area contributed by atoms with E-state index in [1.165, 1.54) is 22.9 Å². The first-order chi connectivity index (χ1) is 7.79. The maximum atomic E-state index is 11.5. The quantitative estimate of drug-likeness (QED) is 0.719. The predicted molar refractivity (Wildman–Crippen MR) is 59.4 cm³/mol. The van der Waals surface area contributed by atoms with Gasteiger partial charge in [-0.2, -0.15) is 0 Å². The van der Waals surface area contributed by atoms with Crippen molar-refractivity contribution in [2.45, 2.75) is 6.54 Å². The molecule has 0 aliphatic carbocycles. The topological polar surface area (TPSA) is 52.0 Å². The fourth-order valence-electron chi connectivity index (χ4n) is 1.41. The number of hydrogen-bond donors (Lipinski definition) is 0. The van der Waals surface area contributed by atoms with Crippen LogP contribution < -0.4 is 5.56 Å². The molecule has 2 aromatic rings. The Bertz CT molecular complexity index is 546. The zero-order chi connectivity index (χ0) is 11.4. The molecule has 0 amide bonds.